The van der Waals surface area contributed by atoms with Gasteiger partial charge in [0.25, 0.3) is 0 Å². The summed E-state index contributed by atoms with van der Waals surface area (Å²) in [4.78, 5) is 14.6. The third-order valence-electron chi connectivity index (χ3n) is 1.20. The smallest absolute Gasteiger partial charge is 0.222 e. The summed E-state index contributed by atoms with van der Waals surface area (Å²) in [5, 5.41) is 5.45. The third-order valence-corrected chi connectivity index (χ3v) is 1.40. The molecule has 0 radical (unpaired) electrons. The number of carbonyl (C=O) groups excluding carboxylic acids is 1. The summed E-state index contributed by atoms with van der Waals surface area (Å²) in [5.74, 6) is 0.412. The summed E-state index contributed by atoms with van der Waals surface area (Å²) in [7, 11) is 0. The number of amides is 1. The standard InChI is InChI=1S/C8H9N3OS/c1-6(12)10-8(13)11-7-4-2-3-5-9-7/h2-5H,1H3,(H2,9,10,11,12,13). The molecule has 1 aromatic heterocycles. The molecule has 0 atom stereocenters. The van der Waals surface area contributed by atoms with E-state index in [9.17, 15) is 4.79 Å². The summed E-state index contributed by atoms with van der Waals surface area (Å²) in [6.45, 7) is 1.40. The quantitative estimate of drug-likeness (QED) is 0.654. The second-order valence-corrected chi connectivity index (χ2v) is 2.76. The number of pyridine rings is 1. The lowest BCUT2D eigenvalue weighted by molar-refractivity contribution is -0.117. The molecule has 0 bridgehead atoms. The first-order valence-electron chi connectivity index (χ1n) is 3.68. The molecular weight excluding hydrogens is 186 g/mol. The van der Waals surface area contributed by atoms with Crippen LogP contribution in [-0.4, -0.2) is 16.0 Å². The summed E-state index contributed by atoms with van der Waals surface area (Å²) in [6, 6.07) is 5.38. The van der Waals surface area contributed by atoms with E-state index in [2.05, 4.69) is 15.6 Å². The van der Waals surface area contributed by atoms with Gasteiger partial charge in [0.05, 0.1) is 0 Å². The highest BCUT2D eigenvalue weighted by molar-refractivity contribution is 7.80. The van der Waals surface area contributed by atoms with Crippen LogP contribution in [0, 0.1) is 0 Å². The third kappa shape index (κ3) is 3.62. The molecule has 1 amide bonds. The first kappa shape index (κ1) is 9.60. The predicted molar refractivity (Wildman–Crippen MR) is 54.3 cm³/mol. The molecule has 4 nitrogen and oxygen atoms in total. The zero-order chi connectivity index (χ0) is 9.68. The van der Waals surface area contributed by atoms with Gasteiger partial charge in [0.2, 0.25) is 5.91 Å². The van der Waals surface area contributed by atoms with Crippen LogP contribution in [0.3, 0.4) is 0 Å². The van der Waals surface area contributed by atoms with E-state index >= 15 is 0 Å². The zero-order valence-electron chi connectivity index (χ0n) is 7.07. The van der Waals surface area contributed by atoms with Gasteiger partial charge in [-0.3, -0.25) is 4.79 Å². The molecule has 1 heterocycles. The summed E-state index contributed by atoms with van der Waals surface area (Å²) >= 11 is 4.83. The highest BCUT2D eigenvalue weighted by atomic mass is 32.1. The van der Waals surface area contributed by atoms with Crippen LogP contribution < -0.4 is 10.6 Å². The van der Waals surface area contributed by atoms with Crippen LogP contribution in [0.2, 0.25) is 0 Å². The van der Waals surface area contributed by atoms with Crippen molar-refractivity contribution in [2.75, 3.05) is 5.32 Å². The van der Waals surface area contributed by atoms with Gasteiger partial charge in [0.15, 0.2) is 5.11 Å². The van der Waals surface area contributed by atoms with Crippen molar-refractivity contribution >= 4 is 29.1 Å². The minimum Gasteiger partial charge on any atom is -0.317 e. The van der Waals surface area contributed by atoms with E-state index in [0.717, 1.165) is 0 Å². The van der Waals surface area contributed by atoms with Gasteiger partial charge in [-0.25, -0.2) is 4.98 Å². The molecule has 1 rings (SSSR count). The number of nitrogens with one attached hydrogen (secondary N) is 2. The Morgan fingerprint density at radius 1 is 1.54 bits per heavy atom. The fraction of sp³-hybridized carbons (Fsp3) is 0.125. The van der Waals surface area contributed by atoms with Crippen LogP contribution in [0.15, 0.2) is 24.4 Å². The molecule has 13 heavy (non-hydrogen) atoms. The lowest BCUT2D eigenvalue weighted by Crippen LogP contribution is -2.32. The van der Waals surface area contributed by atoms with Gasteiger partial charge in [0, 0.05) is 13.1 Å². The number of hydrogen-bond acceptors (Lipinski definition) is 3. The van der Waals surface area contributed by atoms with E-state index in [1.165, 1.54) is 6.92 Å². The van der Waals surface area contributed by atoms with Crippen LogP contribution in [0.25, 0.3) is 0 Å². The average Bonchev–Trinajstić information content (AvgIpc) is 2.04. The van der Waals surface area contributed by atoms with Crippen LogP contribution in [0.5, 0.6) is 0 Å². The van der Waals surface area contributed by atoms with Gasteiger partial charge >= 0.3 is 0 Å². The Kier molecular flexibility index (Phi) is 3.33. The molecule has 0 fully saturated rings. The van der Waals surface area contributed by atoms with E-state index < -0.39 is 0 Å². The predicted octanol–water partition coefficient (Wildman–Crippen LogP) is 0.914. The first-order valence-corrected chi connectivity index (χ1v) is 4.09. The lowest BCUT2D eigenvalue weighted by Gasteiger charge is -2.05. The number of hydrogen-bond donors (Lipinski definition) is 2. The van der Waals surface area contributed by atoms with Crippen LogP contribution in [0.1, 0.15) is 6.92 Å². The Balaban J connectivity index is 2.50. The van der Waals surface area contributed by atoms with Crippen molar-refractivity contribution < 1.29 is 4.79 Å². The Hall–Kier alpha value is -1.49. The molecule has 0 aliphatic carbocycles. The van der Waals surface area contributed by atoms with Crippen LogP contribution in [-0.2, 0) is 4.79 Å². The Morgan fingerprint density at radius 2 is 2.31 bits per heavy atom. The molecule has 68 valence electrons. The molecule has 0 aliphatic rings. The second kappa shape index (κ2) is 4.51. The van der Waals surface area contributed by atoms with E-state index in [1.807, 2.05) is 6.07 Å². The maximum Gasteiger partial charge on any atom is 0.222 e. The average molecular weight is 195 g/mol. The monoisotopic (exact) mass is 195 g/mol. The van der Waals surface area contributed by atoms with Crippen molar-refractivity contribution in [3.05, 3.63) is 24.4 Å². The number of carbonyl (C=O) groups is 1. The first-order chi connectivity index (χ1) is 6.18. The summed E-state index contributed by atoms with van der Waals surface area (Å²) in [5.41, 5.74) is 0. The number of aromatic nitrogens is 1. The summed E-state index contributed by atoms with van der Waals surface area (Å²) < 4.78 is 0. The van der Waals surface area contributed by atoms with Crippen molar-refractivity contribution in [3.63, 3.8) is 0 Å². The van der Waals surface area contributed by atoms with E-state index in [4.69, 9.17) is 12.2 Å². The molecule has 0 saturated carbocycles. The second-order valence-electron chi connectivity index (χ2n) is 2.35. The number of thiocarbonyl (C=S) groups is 1. The van der Waals surface area contributed by atoms with Crippen LogP contribution in [0.4, 0.5) is 5.82 Å². The molecule has 0 unspecified atom stereocenters. The Labute approximate surface area is 81.4 Å². The molecule has 5 heteroatoms. The lowest BCUT2D eigenvalue weighted by atomic mass is 10.5. The number of nitrogens with zero attached hydrogens (tertiary/aromatic N) is 1. The molecule has 0 aromatic carbocycles. The van der Waals surface area contributed by atoms with Gasteiger partial charge < -0.3 is 10.6 Å². The van der Waals surface area contributed by atoms with Crippen molar-refractivity contribution in [3.8, 4) is 0 Å². The highest BCUT2D eigenvalue weighted by Gasteiger charge is 1.98. The highest BCUT2D eigenvalue weighted by Crippen LogP contribution is 1.98. The van der Waals surface area contributed by atoms with Gasteiger partial charge in [-0.2, -0.15) is 0 Å². The van der Waals surface area contributed by atoms with Gasteiger partial charge in [0.1, 0.15) is 5.82 Å². The normalized spacial score (nSPS) is 9.00. The van der Waals surface area contributed by atoms with Gasteiger partial charge in [-0.15, -0.1) is 0 Å². The van der Waals surface area contributed by atoms with Crippen molar-refractivity contribution in [2.45, 2.75) is 6.92 Å². The molecule has 0 saturated heterocycles. The minimum absolute atomic E-state index is 0.201. The largest absolute Gasteiger partial charge is 0.317 e. The van der Waals surface area contributed by atoms with Crippen molar-refractivity contribution in [1.29, 1.82) is 0 Å². The van der Waals surface area contributed by atoms with Crippen molar-refractivity contribution in [2.24, 2.45) is 0 Å². The van der Waals surface area contributed by atoms with Crippen molar-refractivity contribution in [1.82, 2.24) is 10.3 Å². The Bertz CT molecular complexity index is 312. The molecule has 0 spiro atoms. The number of anilines is 1. The van der Waals surface area contributed by atoms with E-state index in [1.54, 1.807) is 18.3 Å². The summed E-state index contributed by atoms with van der Waals surface area (Å²) in [6.07, 6.45) is 1.64. The molecule has 1 aromatic rings. The van der Waals surface area contributed by atoms with Gasteiger partial charge in [-0.1, -0.05) is 6.07 Å². The zero-order valence-corrected chi connectivity index (χ0v) is 7.89. The fourth-order valence-corrected chi connectivity index (χ4v) is 0.992. The maximum atomic E-state index is 10.6. The maximum absolute atomic E-state index is 10.6. The van der Waals surface area contributed by atoms with E-state index in [-0.39, 0.29) is 11.0 Å². The SMILES string of the molecule is CC(=O)NC(=S)Nc1ccccn1. The molecular formula is C8H9N3OS. The molecule has 2 N–H and O–H groups in total. The van der Waals surface area contributed by atoms with Gasteiger partial charge in [-0.05, 0) is 24.4 Å². The van der Waals surface area contributed by atoms with Crippen LogP contribution >= 0.6 is 12.2 Å². The number of rotatable bonds is 1. The Morgan fingerprint density at radius 3 is 2.85 bits per heavy atom. The molecule has 0 aliphatic heterocycles. The fourth-order valence-electron chi connectivity index (χ4n) is 0.744. The minimum atomic E-state index is -0.201. The van der Waals surface area contributed by atoms with E-state index in [0.29, 0.717) is 5.82 Å². The topological polar surface area (TPSA) is 54.0 Å².